The molecule has 0 saturated carbocycles. The topological polar surface area (TPSA) is 89.8 Å². The number of hydrogen-bond donors (Lipinski definition) is 1. The maximum Gasteiger partial charge on any atom is 0.278 e. The van der Waals surface area contributed by atoms with Crippen LogP contribution >= 0.6 is 0 Å². The number of non-ortho nitro benzene ring substituents is 1. The molecule has 4 rings (SSSR count). The molecule has 3 aromatic rings. The number of nitrogens with zero attached hydrogens (tertiary/aromatic N) is 3. The zero-order chi connectivity index (χ0) is 20.4. The monoisotopic (exact) mass is 394 g/mol. The lowest BCUT2D eigenvalue weighted by Crippen LogP contribution is -2.26. The smallest absolute Gasteiger partial charge is 0.278 e. The summed E-state index contributed by atoms with van der Waals surface area (Å²) in [4.78, 5) is 17.3. The van der Waals surface area contributed by atoms with Crippen molar-refractivity contribution in [3.63, 3.8) is 0 Å². The molecule has 2 heterocycles. The molecule has 1 aromatic heterocycles. The Balaban J connectivity index is 1.56. The van der Waals surface area contributed by atoms with Crippen molar-refractivity contribution in [2.24, 2.45) is 0 Å². The van der Waals surface area contributed by atoms with Crippen LogP contribution < -0.4 is 19.7 Å². The predicted octanol–water partition coefficient (Wildman–Crippen LogP) is 3.85. The Bertz CT molecular complexity index is 1030. The maximum atomic E-state index is 11.3. The lowest BCUT2D eigenvalue weighted by atomic mass is 10.1. The molecule has 1 unspecified atom stereocenters. The highest BCUT2D eigenvalue weighted by molar-refractivity contribution is 5.99. The van der Waals surface area contributed by atoms with Gasteiger partial charge in [0, 0.05) is 72.6 Å². The fraction of sp³-hybridized carbons (Fsp3) is 0.286. The van der Waals surface area contributed by atoms with Gasteiger partial charge in [0.2, 0.25) is 0 Å². The molecule has 1 saturated heterocycles. The number of nitro groups is 1. The van der Waals surface area contributed by atoms with Crippen molar-refractivity contribution in [1.82, 2.24) is 4.98 Å². The van der Waals surface area contributed by atoms with Gasteiger partial charge in [-0.05, 0) is 18.6 Å². The summed E-state index contributed by atoms with van der Waals surface area (Å²) in [5, 5.41) is 16.2. The number of anilines is 2. The first-order valence-electron chi connectivity index (χ1n) is 9.34. The summed E-state index contributed by atoms with van der Waals surface area (Å²) in [7, 11) is 3.28. The van der Waals surface area contributed by atoms with Crippen molar-refractivity contribution in [1.29, 1.82) is 0 Å². The van der Waals surface area contributed by atoms with Gasteiger partial charge in [-0.2, -0.15) is 0 Å². The van der Waals surface area contributed by atoms with Crippen molar-refractivity contribution in [3.8, 4) is 11.5 Å². The largest absolute Gasteiger partial charge is 0.497 e. The molecule has 1 fully saturated rings. The lowest BCUT2D eigenvalue weighted by molar-refractivity contribution is -0.383. The molecule has 1 atom stereocenters. The molecule has 1 aliphatic rings. The highest BCUT2D eigenvalue weighted by atomic mass is 16.6. The summed E-state index contributed by atoms with van der Waals surface area (Å²) in [5.74, 6) is 1.51. The van der Waals surface area contributed by atoms with Gasteiger partial charge in [0.25, 0.3) is 5.69 Å². The van der Waals surface area contributed by atoms with Gasteiger partial charge in [-0.15, -0.1) is 0 Å². The van der Waals surface area contributed by atoms with E-state index in [-0.39, 0.29) is 16.7 Å². The lowest BCUT2D eigenvalue weighted by Gasteiger charge is -2.21. The van der Waals surface area contributed by atoms with E-state index in [2.05, 4.69) is 15.2 Å². The van der Waals surface area contributed by atoms with E-state index in [1.165, 1.54) is 6.07 Å². The molecule has 8 nitrogen and oxygen atoms in total. The molecule has 0 aliphatic carbocycles. The molecule has 0 bridgehead atoms. The molecule has 1 N–H and O–H groups in total. The molecular weight excluding hydrogens is 372 g/mol. The standard InChI is InChI=1S/C21H22N4O4/c1-28-16-9-15(10-17(11-16)29-2)24-8-6-14(13-24)23-20-3-4-21(25(26)27)19-12-22-7-5-18(19)20/h3-5,7,9-12,14,23H,6,8,13H2,1-2H3. The van der Waals surface area contributed by atoms with Crippen molar-refractivity contribution in [2.75, 3.05) is 37.5 Å². The Kier molecular flexibility index (Phi) is 5.07. The van der Waals surface area contributed by atoms with Crippen molar-refractivity contribution in [2.45, 2.75) is 12.5 Å². The first-order valence-corrected chi connectivity index (χ1v) is 9.34. The van der Waals surface area contributed by atoms with Gasteiger partial charge in [0.15, 0.2) is 0 Å². The van der Waals surface area contributed by atoms with Crippen LogP contribution in [0.15, 0.2) is 48.8 Å². The molecule has 0 spiro atoms. The number of ether oxygens (including phenoxy) is 2. The van der Waals surface area contributed by atoms with Crippen LogP contribution in [0.2, 0.25) is 0 Å². The van der Waals surface area contributed by atoms with Crippen LogP contribution in [0.1, 0.15) is 6.42 Å². The third kappa shape index (κ3) is 3.73. The summed E-state index contributed by atoms with van der Waals surface area (Å²) in [5.41, 5.74) is 1.99. The molecule has 0 radical (unpaired) electrons. The van der Waals surface area contributed by atoms with E-state index in [1.54, 1.807) is 32.7 Å². The number of aromatic nitrogens is 1. The van der Waals surface area contributed by atoms with Gasteiger partial charge in [-0.3, -0.25) is 15.1 Å². The third-order valence-electron chi connectivity index (χ3n) is 5.24. The van der Waals surface area contributed by atoms with Crippen molar-refractivity contribution in [3.05, 3.63) is 58.9 Å². The van der Waals surface area contributed by atoms with Gasteiger partial charge < -0.3 is 19.7 Å². The average Bonchev–Trinajstić information content (AvgIpc) is 3.22. The fourth-order valence-corrected chi connectivity index (χ4v) is 3.77. The number of methoxy groups -OCH3 is 2. The van der Waals surface area contributed by atoms with Crippen LogP contribution in [0.4, 0.5) is 17.1 Å². The van der Waals surface area contributed by atoms with Crippen LogP contribution in [0.3, 0.4) is 0 Å². The van der Waals surface area contributed by atoms with Crippen molar-refractivity contribution >= 4 is 27.8 Å². The van der Waals surface area contributed by atoms with E-state index in [0.29, 0.717) is 5.39 Å². The van der Waals surface area contributed by atoms with Gasteiger partial charge in [-0.1, -0.05) is 0 Å². The van der Waals surface area contributed by atoms with Gasteiger partial charge >= 0.3 is 0 Å². The molecule has 150 valence electrons. The van der Waals surface area contributed by atoms with Crippen LogP contribution in [0.5, 0.6) is 11.5 Å². The zero-order valence-corrected chi connectivity index (χ0v) is 16.3. The van der Waals surface area contributed by atoms with Gasteiger partial charge in [-0.25, -0.2) is 0 Å². The minimum absolute atomic E-state index is 0.0650. The number of pyridine rings is 1. The summed E-state index contributed by atoms with van der Waals surface area (Å²) in [6, 6.07) is 11.2. The quantitative estimate of drug-likeness (QED) is 0.502. The van der Waals surface area contributed by atoms with E-state index >= 15 is 0 Å². The Hall–Kier alpha value is -3.55. The minimum atomic E-state index is -0.374. The third-order valence-corrected chi connectivity index (χ3v) is 5.24. The number of hydrogen-bond acceptors (Lipinski definition) is 7. The first kappa shape index (κ1) is 18.8. The van der Waals surface area contributed by atoms with Crippen LogP contribution in [0.25, 0.3) is 10.8 Å². The summed E-state index contributed by atoms with van der Waals surface area (Å²) >= 11 is 0. The van der Waals surface area contributed by atoms with Crippen molar-refractivity contribution < 1.29 is 14.4 Å². The van der Waals surface area contributed by atoms with Crippen LogP contribution in [-0.2, 0) is 0 Å². The summed E-state index contributed by atoms with van der Waals surface area (Å²) < 4.78 is 10.7. The normalized spacial score (nSPS) is 16.1. The Morgan fingerprint density at radius 2 is 1.90 bits per heavy atom. The minimum Gasteiger partial charge on any atom is -0.497 e. The van der Waals surface area contributed by atoms with E-state index in [4.69, 9.17) is 9.47 Å². The number of rotatable bonds is 6. The average molecular weight is 394 g/mol. The van der Waals surface area contributed by atoms with E-state index in [1.807, 2.05) is 24.3 Å². The zero-order valence-electron chi connectivity index (χ0n) is 16.3. The second kappa shape index (κ2) is 7.83. The van der Waals surface area contributed by atoms with E-state index in [9.17, 15) is 10.1 Å². The Morgan fingerprint density at radius 1 is 1.14 bits per heavy atom. The fourth-order valence-electron chi connectivity index (χ4n) is 3.77. The number of nitro benzene ring substituents is 1. The Labute approximate surface area is 168 Å². The van der Waals surface area contributed by atoms with Crippen LogP contribution in [-0.4, -0.2) is 43.3 Å². The molecule has 29 heavy (non-hydrogen) atoms. The van der Waals surface area contributed by atoms with Gasteiger partial charge in [0.05, 0.1) is 24.5 Å². The summed E-state index contributed by atoms with van der Waals surface area (Å²) in [6.45, 7) is 1.69. The van der Waals surface area contributed by atoms with Crippen LogP contribution in [0, 0.1) is 10.1 Å². The second-order valence-electron chi connectivity index (χ2n) is 6.96. The summed E-state index contributed by atoms with van der Waals surface area (Å²) in [6.07, 6.45) is 4.14. The number of fused-ring (bicyclic) bond motifs is 1. The Morgan fingerprint density at radius 3 is 2.59 bits per heavy atom. The highest BCUT2D eigenvalue weighted by Crippen LogP contribution is 2.34. The number of benzene rings is 2. The van der Waals surface area contributed by atoms with Gasteiger partial charge in [0.1, 0.15) is 11.5 Å². The molecule has 0 amide bonds. The number of nitrogens with one attached hydrogen (secondary N) is 1. The molecule has 2 aromatic carbocycles. The molecule has 1 aliphatic heterocycles. The maximum absolute atomic E-state index is 11.3. The SMILES string of the molecule is COc1cc(OC)cc(N2CCC(Nc3ccc([N+](=O)[O-])c4cnccc34)C2)c1. The molecular formula is C21H22N4O4. The van der Waals surface area contributed by atoms with E-state index in [0.717, 1.165) is 47.8 Å². The molecule has 8 heteroatoms. The predicted molar refractivity (Wildman–Crippen MR) is 112 cm³/mol. The second-order valence-corrected chi connectivity index (χ2v) is 6.96. The first-order chi connectivity index (χ1) is 14.1. The highest BCUT2D eigenvalue weighted by Gasteiger charge is 2.25. The van der Waals surface area contributed by atoms with E-state index < -0.39 is 0 Å².